The summed E-state index contributed by atoms with van der Waals surface area (Å²) < 4.78 is 10.4. The highest BCUT2D eigenvalue weighted by atomic mass is 35.5. The third-order valence-electron chi connectivity index (χ3n) is 1.85. The highest BCUT2D eigenvalue weighted by Crippen LogP contribution is 2.27. The van der Waals surface area contributed by atoms with Crippen LogP contribution in [-0.4, -0.2) is 36.8 Å². The molecule has 17 heavy (non-hydrogen) atoms. The van der Waals surface area contributed by atoms with Gasteiger partial charge in [-0.25, -0.2) is 9.97 Å². The molecule has 1 aromatic heterocycles. The van der Waals surface area contributed by atoms with Gasteiger partial charge in [-0.05, 0) is 6.92 Å². The van der Waals surface area contributed by atoms with Gasteiger partial charge in [0.25, 0.3) is 0 Å². The first kappa shape index (κ1) is 13.7. The Kier molecular flexibility index (Phi) is 5.72. The molecule has 1 rings (SSSR count). The number of rotatable bonds is 7. The van der Waals surface area contributed by atoms with Crippen LogP contribution in [0.4, 0.5) is 5.82 Å². The summed E-state index contributed by atoms with van der Waals surface area (Å²) in [5.41, 5.74) is 0.993. The number of aromatic nitrogens is 2. The molecule has 0 aromatic carbocycles. The van der Waals surface area contributed by atoms with E-state index in [-0.39, 0.29) is 5.15 Å². The first-order valence-corrected chi connectivity index (χ1v) is 5.53. The van der Waals surface area contributed by atoms with Crippen molar-refractivity contribution in [3.8, 4) is 5.75 Å². The van der Waals surface area contributed by atoms with E-state index in [1.54, 1.807) is 0 Å². The Morgan fingerprint density at radius 1 is 1.53 bits per heavy atom. The van der Waals surface area contributed by atoms with E-state index < -0.39 is 0 Å². The number of halogens is 1. The van der Waals surface area contributed by atoms with Gasteiger partial charge in [-0.15, -0.1) is 0 Å². The Morgan fingerprint density at radius 2 is 2.29 bits per heavy atom. The number of ether oxygens (including phenoxy) is 2. The minimum absolute atomic E-state index is 0.285. The van der Waals surface area contributed by atoms with Crippen molar-refractivity contribution in [2.24, 2.45) is 0 Å². The van der Waals surface area contributed by atoms with Crippen LogP contribution in [0.1, 0.15) is 6.92 Å². The highest BCUT2D eigenvalue weighted by molar-refractivity contribution is 6.31. The Balaban J connectivity index is 2.41. The lowest BCUT2D eigenvalue weighted by atomic mass is 10.4. The number of methoxy groups -OCH3 is 1. The molecular weight excluding hydrogens is 242 g/mol. The topological polar surface area (TPSA) is 56.3 Å². The van der Waals surface area contributed by atoms with Crippen LogP contribution in [0.3, 0.4) is 0 Å². The summed E-state index contributed by atoms with van der Waals surface area (Å²) in [6.45, 7) is 7.38. The van der Waals surface area contributed by atoms with Gasteiger partial charge < -0.3 is 14.8 Å². The van der Waals surface area contributed by atoms with Gasteiger partial charge in [0.15, 0.2) is 16.7 Å². The van der Waals surface area contributed by atoms with E-state index in [2.05, 4.69) is 21.9 Å². The van der Waals surface area contributed by atoms with Gasteiger partial charge in [0.2, 0.25) is 0 Å². The maximum atomic E-state index is 5.85. The summed E-state index contributed by atoms with van der Waals surface area (Å²) in [5.74, 6) is 1.00. The Bertz CT molecular complexity index is 385. The van der Waals surface area contributed by atoms with Crippen molar-refractivity contribution in [3.63, 3.8) is 0 Å². The second kappa shape index (κ2) is 7.09. The molecule has 0 spiro atoms. The quantitative estimate of drug-likeness (QED) is 0.461. The summed E-state index contributed by atoms with van der Waals surface area (Å²) >= 11 is 5.85. The molecule has 1 N–H and O–H groups in total. The van der Waals surface area contributed by atoms with Gasteiger partial charge in [0, 0.05) is 6.54 Å². The van der Waals surface area contributed by atoms with Crippen molar-refractivity contribution in [1.29, 1.82) is 0 Å². The summed E-state index contributed by atoms with van der Waals surface area (Å²) in [7, 11) is 1.52. The van der Waals surface area contributed by atoms with Crippen LogP contribution in [-0.2, 0) is 4.74 Å². The molecule has 0 aliphatic rings. The molecule has 1 aromatic rings. The minimum atomic E-state index is 0.285. The van der Waals surface area contributed by atoms with E-state index in [1.165, 1.54) is 13.4 Å². The summed E-state index contributed by atoms with van der Waals surface area (Å²) in [5, 5.41) is 3.35. The molecule has 94 valence electrons. The van der Waals surface area contributed by atoms with Crippen LogP contribution in [0.15, 0.2) is 18.5 Å². The number of anilines is 1. The predicted octanol–water partition coefficient (Wildman–Crippen LogP) is 2.14. The lowest BCUT2D eigenvalue weighted by Crippen LogP contribution is -2.12. The van der Waals surface area contributed by atoms with Gasteiger partial charge >= 0.3 is 0 Å². The molecule has 0 amide bonds. The van der Waals surface area contributed by atoms with E-state index in [4.69, 9.17) is 21.1 Å². The lowest BCUT2D eigenvalue weighted by Gasteiger charge is -2.10. The molecule has 0 aliphatic heterocycles. The molecule has 6 heteroatoms. The second-order valence-electron chi connectivity index (χ2n) is 3.48. The Labute approximate surface area is 106 Å². The fraction of sp³-hybridized carbons (Fsp3) is 0.455. The molecule has 0 atom stereocenters. The largest absolute Gasteiger partial charge is 0.490 e. The van der Waals surface area contributed by atoms with Crippen LogP contribution in [0.5, 0.6) is 5.75 Å². The van der Waals surface area contributed by atoms with Gasteiger partial charge in [-0.1, -0.05) is 23.8 Å². The van der Waals surface area contributed by atoms with E-state index >= 15 is 0 Å². The molecule has 5 nitrogen and oxygen atoms in total. The zero-order valence-corrected chi connectivity index (χ0v) is 10.8. The van der Waals surface area contributed by atoms with Crippen molar-refractivity contribution < 1.29 is 9.47 Å². The van der Waals surface area contributed by atoms with E-state index in [9.17, 15) is 0 Å². The fourth-order valence-electron chi connectivity index (χ4n) is 1.15. The monoisotopic (exact) mass is 257 g/mol. The molecule has 0 bridgehead atoms. The summed E-state index contributed by atoms with van der Waals surface area (Å²) in [4.78, 5) is 7.86. The predicted molar refractivity (Wildman–Crippen MR) is 67.7 cm³/mol. The maximum absolute atomic E-state index is 5.85. The van der Waals surface area contributed by atoms with Crippen molar-refractivity contribution >= 4 is 17.4 Å². The molecule has 1 heterocycles. The number of hydrogen-bond acceptors (Lipinski definition) is 5. The number of nitrogens with one attached hydrogen (secondary N) is 1. The average Bonchev–Trinajstić information content (AvgIpc) is 2.28. The maximum Gasteiger partial charge on any atom is 0.198 e. The van der Waals surface area contributed by atoms with Crippen molar-refractivity contribution in [2.45, 2.75) is 6.92 Å². The van der Waals surface area contributed by atoms with Crippen molar-refractivity contribution in [2.75, 3.05) is 32.2 Å². The molecule has 0 aliphatic carbocycles. The van der Waals surface area contributed by atoms with Crippen molar-refractivity contribution in [1.82, 2.24) is 9.97 Å². The second-order valence-corrected chi connectivity index (χ2v) is 3.84. The van der Waals surface area contributed by atoms with Gasteiger partial charge in [-0.2, -0.15) is 0 Å². The third kappa shape index (κ3) is 4.58. The third-order valence-corrected chi connectivity index (χ3v) is 2.12. The smallest absolute Gasteiger partial charge is 0.198 e. The van der Waals surface area contributed by atoms with E-state index in [0.29, 0.717) is 31.3 Å². The fourth-order valence-corrected chi connectivity index (χ4v) is 1.36. The standard InChI is InChI=1S/C11H16ClN3O2/c1-8(2)6-17-5-4-13-11-9(16-3)10(12)14-7-15-11/h7H,1,4-6H2,2-3H3,(H,13,14,15). The van der Waals surface area contributed by atoms with E-state index in [0.717, 1.165) is 5.57 Å². The first-order valence-electron chi connectivity index (χ1n) is 5.15. The molecule has 0 fully saturated rings. The minimum Gasteiger partial charge on any atom is -0.490 e. The van der Waals surface area contributed by atoms with Gasteiger partial charge in [-0.3, -0.25) is 0 Å². The molecule has 0 radical (unpaired) electrons. The molecular formula is C11H16ClN3O2. The van der Waals surface area contributed by atoms with Crippen LogP contribution in [0.2, 0.25) is 5.15 Å². The molecule has 0 unspecified atom stereocenters. The van der Waals surface area contributed by atoms with Crippen LogP contribution >= 0.6 is 11.6 Å². The molecule has 0 saturated heterocycles. The Morgan fingerprint density at radius 3 is 2.94 bits per heavy atom. The van der Waals surface area contributed by atoms with Gasteiger partial charge in [0.05, 0.1) is 20.3 Å². The lowest BCUT2D eigenvalue weighted by molar-refractivity contribution is 0.167. The normalized spacial score (nSPS) is 10.1. The Hall–Kier alpha value is -1.33. The van der Waals surface area contributed by atoms with Gasteiger partial charge in [0.1, 0.15) is 6.33 Å². The highest BCUT2D eigenvalue weighted by Gasteiger charge is 2.09. The van der Waals surface area contributed by atoms with Crippen LogP contribution in [0.25, 0.3) is 0 Å². The van der Waals surface area contributed by atoms with Crippen LogP contribution in [0, 0.1) is 0 Å². The zero-order valence-electron chi connectivity index (χ0n) is 9.99. The average molecular weight is 258 g/mol. The number of nitrogens with zero attached hydrogens (tertiary/aromatic N) is 2. The number of hydrogen-bond donors (Lipinski definition) is 1. The summed E-state index contributed by atoms with van der Waals surface area (Å²) in [6.07, 6.45) is 1.38. The summed E-state index contributed by atoms with van der Waals surface area (Å²) in [6, 6.07) is 0. The van der Waals surface area contributed by atoms with E-state index in [1.807, 2.05) is 6.92 Å². The zero-order chi connectivity index (χ0) is 12.7. The first-order chi connectivity index (χ1) is 8.15. The molecule has 0 saturated carbocycles. The van der Waals surface area contributed by atoms with Crippen molar-refractivity contribution in [3.05, 3.63) is 23.6 Å². The van der Waals surface area contributed by atoms with Crippen LogP contribution < -0.4 is 10.1 Å². The SMILES string of the molecule is C=C(C)COCCNc1ncnc(Cl)c1OC.